The van der Waals surface area contributed by atoms with E-state index in [0.29, 0.717) is 23.7 Å². The monoisotopic (exact) mass is 416 g/mol. The van der Waals surface area contributed by atoms with Gasteiger partial charge in [0.05, 0.1) is 29.6 Å². The number of nitrogens with one attached hydrogen (secondary N) is 2. The fraction of sp³-hybridized carbons (Fsp3) is 0.273. The van der Waals surface area contributed by atoms with E-state index in [2.05, 4.69) is 35.8 Å². The SMILES string of the molecule is CCC(CNc1cnc2ccccc2n1)NC(=O)c1ncc(C)c(C)c1-n1nccn1. The van der Waals surface area contributed by atoms with E-state index in [-0.39, 0.29) is 11.9 Å². The number of carbonyl (C=O) groups excluding carboxylic acids is 1. The molecule has 1 amide bonds. The van der Waals surface area contributed by atoms with Crippen LogP contribution in [0.25, 0.3) is 16.7 Å². The number of amides is 1. The molecule has 0 aliphatic rings. The third kappa shape index (κ3) is 4.35. The Labute approximate surface area is 179 Å². The molecule has 3 aromatic heterocycles. The zero-order valence-corrected chi connectivity index (χ0v) is 17.7. The summed E-state index contributed by atoms with van der Waals surface area (Å²) in [5.41, 5.74) is 4.42. The Kier molecular flexibility index (Phi) is 5.83. The molecule has 158 valence electrons. The number of rotatable bonds is 7. The Bertz CT molecular complexity index is 1210. The van der Waals surface area contributed by atoms with Gasteiger partial charge in [0.15, 0.2) is 5.69 Å². The second-order valence-corrected chi connectivity index (χ2v) is 7.29. The van der Waals surface area contributed by atoms with Crippen LogP contribution in [-0.2, 0) is 0 Å². The number of nitrogens with zero attached hydrogens (tertiary/aromatic N) is 6. The highest BCUT2D eigenvalue weighted by molar-refractivity contribution is 5.96. The molecule has 9 heteroatoms. The van der Waals surface area contributed by atoms with E-state index in [1.54, 1.807) is 24.8 Å². The maximum Gasteiger partial charge on any atom is 0.272 e. The van der Waals surface area contributed by atoms with E-state index in [1.165, 1.54) is 4.80 Å². The number of carbonyl (C=O) groups is 1. The zero-order chi connectivity index (χ0) is 21.8. The van der Waals surface area contributed by atoms with Crippen LogP contribution in [0.15, 0.2) is 49.1 Å². The molecule has 0 spiro atoms. The minimum atomic E-state index is -0.270. The molecule has 1 atom stereocenters. The van der Waals surface area contributed by atoms with Gasteiger partial charge in [-0.1, -0.05) is 19.1 Å². The van der Waals surface area contributed by atoms with E-state index >= 15 is 0 Å². The summed E-state index contributed by atoms with van der Waals surface area (Å²) in [5.74, 6) is 0.394. The second-order valence-electron chi connectivity index (χ2n) is 7.29. The first kappa shape index (κ1) is 20.4. The van der Waals surface area contributed by atoms with Crippen molar-refractivity contribution in [2.75, 3.05) is 11.9 Å². The highest BCUT2D eigenvalue weighted by atomic mass is 16.2. The molecule has 0 saturated heterocycles. The van der Waals surface area contributed by atoms with Gasteiger partial charge in [-0.25, -0.2) is 9.97 Å². The lowest BCUT2D eigenvalue weighted by Gasteiger charge is -2.19. The number of fused-ring (bicyclic) bond motifs is 1. The lowest BCUT2D eigenvalue weighted by molar-refractivity contribution is 0.0932. The van der Waals surface area contributed by atoms with Gasteiger partial charge in [0.25, 0.3) is 5.91 Å². The molecule has 1 aromatic carbocycles. The van der Waals surface area contributed by atoms with Crippen molar-refractivity contribution in [3.05, 3.63) is 65.9 Å². The Morgan fingerprint density at radius 2 is 1.81 bits per heavy atom. The van der Waals surface area contributed by atoms with Gasteiger partial charge < -0.3 is 10.6 Å². The molecule has 4 aromatic rings. The van der Waals surface area contributed by atoms with Crippen molar-refractivity contribution in [3.63, 3.8) is 0 Å². The minimum Gasteiger partial charge on any atom is -0.367 e. The molecule has 0 aliphatic carbocycles. The molecule has 3 heterocycles. The van der Waals surface area contributed by atoms with Gasteiger partial charge in [0.1, 0.15) is 11.5 Å². The van der Waals surface area contributed by atoms with Crippen LogP contribution >= 0.6 is 0 Å². The van der Waals surface area contributed by atoms with E-state index in [9.17, 15) is 4.79 Å². The average molecular weight is 416 g/mol. The summed E-state index contributed by atoms with van der Waals surface area (Å²) < 4.78 is 0. The predicted molar refractivity (Wildman–Crippen MR) is 118 cm³/mol. The molecule has 0 saturated carbocycles. The number of pyridine rings is 1. The summed E-state index contributed by atoms with van der Waals surface area (Å²) in [6.07, 6.45) is 7.28. The van der Waals surface area contributed by atoms with Crippen molar-refractivity contribution >= 4 is 22.8 Å². The van der Waals surface area contributed by atoms with Gasteiger partial charge in [0, 0.05) is 18.8 Å². The second kappa shape index (κ2) is 8.86. The Morgan fingerprint density at radius 1 is 1.06 bits per heavy atom. The highest BCUT2D eigenvalue weighted by Crippen LogP contribution is 2.19. The smallest absolute Gasteiger partial charge is 0.272 e. The normalized spacial score (nSPS) is 12.0. The topological polar surface area (TPSA) is 111 Å². The van der Waals surface area contributed by atoms with Crippen LogP contribution in [-0.4, -0.2) is 48.4 Å². The van der Waals surface area contributed by atoms with Crippen LogP contribution < -0.4 is 10.6 Å². The zero-order valence-electron chi connectivity index (χ0n) is 17.7. The molecule has 0 bridgehead atoms. The molecular weight excluding hydrogens is 392 g/mol. The van der Waals surface area contributed by atoms with Crippen LogP contribution in [0, 0.1) is 13.8 Å². The summed E-state index contributed by atoms with van der Waals surface area (Å²) in [6, 6.07) is 7.58. The van der Waals surface area contributed by atoms with Gasteiger partial charge in [0.2, 0.25) is 0 Å². The number of aryl methyl sites for hydroxylation is 1. The minimum absolute atomic E-state index is 0.123. The van der Waals surface area contributed by atoms with Crippen molar-refractivity contribution in [2.24, 2.45) is 0 Å². The lowest BCUT2D eigenvalue weighted by atomic mass is 10.1. The standard InChI is InChI=1S/C22H24N8O/c1-4-16(12-24-19-13-23-17-7-5-6-8-18(17)29-19)28-22(31)20-21(30-26-9-10-27-30)15(3)14(2)11-25-20/h5-11,13,16H,4,12H2,1-3H3,(H,24,29)(H,28,31). The number of hydrogen-bond acceptors (Lipinski definition) is 7. The number of aromatic nitrogens is 6. The van der Waals surface area contributed by atoms with Crippen LogP contribution in [0.2, 0.25) is 0 Å². The average Bonchev–Trinajstić information content (AvgIpc) is 3.32. The van der Waals surface area contributed by atoms with Crippen molar-refractivity contribution in [3.8, 4) is 5.69 Å². The fourth-order valence-corrected chi connectivity index (χ4v) is 3.25. The molecule has 1 unspecified atom stereocenters. The first-order valence-electron chi connectivity index (χ1n) is 10.2. The van der Waals surface area contributed by atoms with E-state index in [1.807, 2.05) is 45.0 Å². The Morgan fingerprint density at radius 3 is 2.55 bits per heavy atom. The first-order valence-corrected chi connectivity index (χ1v) is 10.2. The summed E-state index contributed by atoms with van der Waals surface area (Å²) >= 11 is 0. The van der Waals surface area contributed by atoms with E-state index in [4.69, 9.17) is 0 Å². The van der Waals surface area contributed by atoms with Crippen LogP contribution in [0.5, 0.6) is 0 Å². The maximum absolute atomic E-state index is 13.1. The van der Waals surface area contributed by atoms with Gasteiger partial charge in [-0.15, -0.1) is 4.80 Å². The first-order chi connectivity index (χ1) is 15.1. The molecule has 31 heavy (non-hydrogen) atoms. The van der Waals surface area contributed by atoms with Crippen molar-refractivity contribution in [1.29, 1.82) is 0 Å². The Balaban J connectivity index is 1.50. The van der Waals surface area contributed by atoms with Crippen LogP contribution in [0.1, 0.15) is 35.0 Å². The third-order valence-corrected chi connectivity index (χ3v) is 5.20. The molecule has 0 radical (unpaired) electrons. The fourth-order valence-electron chi connectivity index (χ4n) is 3.25. The molecule has 2 N–H and O–H groups in total. The largest absolute Gasteiger partial charge is 0.367 e. The summed E-state index contributed by atoms with van der Waals surface area (Å²) in [4.78, 5) is 27.9. The Hall–Kier alpha value is -3.88. The van der Waals surface area contributed by atoms with Crippen molar-refractivity contribution < 1.29 is 4.79 Å². The maximum atomic E-state index is 13.1. The molecule has 0 fully saturated rings. The predicted octanol–water partition coefficient (Wildman–Crippen LogP) is 2.84. The summed E-state index contributed by atoms with van der Waals surface area (Å²) in [7, 11) is 0. The number of benzene rings is 1. The number of anilines is 1. The van der Waals surface area contributed by atoms with Gasteiger partial charge in [-0.05, 0) is 43.5 Å². The van der Waals surface area contributed by atoms with Gasteiger partial charge >= 0.3 is 0 Å². The summed E-state index contributed by atoms with van der Waals surface area (Å²) in [5, 5.41) is 14.7. The summed E-state index contributed by atoms with van der Waals surface area (Å²) in [6.45, 7) is 6.40. The molecule has 0 aliphatic heterocycles. The van der Waals surface area contributed by atoms with Gasteiger partial charge in [-0.2, -0.15) is 10.2 Å². The number of para-hydroxylation sites is 2. The van der Waals surface area contributed by atoms with Crippen molar-refractivity contribution in [1.82, 2.24) is 35.3 Å². The van der Waals surface area contributed by atoms with E-state index in [0.717, 1.165) is 28.6 Å². The van der Waals surface area contributed by atoms with E-state index < -0.39 is 0 Å². The molecule has 4 rings (SSSR count). The quantitative estimate of drug-likeness (QED) is 0.477. The number of hydrogen-bond donors (Lipinski definition) is 2. The highest BCUT2D eigenvalue weighted by Gasteiger charge is 2.21. The third-order valence-electron chi connectivity index (χ3n) is 5.20. The molecule has 9 nitrogen and oxygen atoms in total. The van der Waals surface area contributed by atoms with Crippen molar-refractivity contribution in [2.45, 2.75) is 33.2 Å². The van der Waals surface area contributed by atoms with Gasteiger partial charge in [-0.3, -0.25) is 9.78 Å². The van der Waals surface area contributed by atoms with Crippen LogP contribution in [0.3, 0.4) is 0 Å². The lowest BCUT2D eigenvalue weighted by Crippen LogP contribution is -2.40. The van der Waals surface area contributed by atoms with Crippen LogP contribution in [0.4, 0.5) is 5.82 Å². The molecular formula is C22H24N8O.